The highest BCUT2D eigenvalue weighted by atomic mass is 35.5. The van der Waals surface area contributed by atoms with Gasteiger partial charge in [-0.15, -0.1) is 11.6 Å². The molecule has 1 amide bonds. The summed E-state index contributed by atoms with van der Waals surface area (Å²) in [6, 6.07) is 3.65. The van der Waals surface area contributed by atoms with Gasteiger partial charge in [-0.2, -0.15) is 4.39 Å². The average molecular weight is 259 g/mol. The molecule has 0 aromatic heterocycles. The number of benzene rings is 1. The van der Waals surface area contributed by atoms with Crippen molar-refractivity contribution in [2.24, 2.45) is 0 Å². The highest BCUT2D eigenvalue weighted by molar-refractivity contribution is 6.24. The molecular formula is C10H8ClFN2O3. The van der Waals surface area contributed by atoms with E-state index in [-0.39, 0.29) is 24.6 Å². The quantitative estimate of drug-likeness (QED) is 0.463. The van der Waals surface area contributed by atoms with E-state index in [0.717, 1.165) is 11.0 Å². The second-order valence-corrected chi connectivity index (χ2v) is 4.29. The third-order valence-electron chi connectivity index (χ3n) is 2.52. The van der Waals surface area contributed by atoms with E-state index in [1.807, 2.05) is 0 Å². The topological polar surface area (TPSA) is 63.5 Å². The number of nitrogens with zero attached hydrogens (tertiary/aromatic N) is 2. The molecule has 17 heavy (non-hydrogen) atoms. The van der Waals surface area contributed by atoms with Crippen molar-refractivity contribution in [1.29, 1.82) is 0 Å². The molecule has 5 nitrogen and oxygen atoms in total. The first-order valence-electron chi connectivity index (χ1n) is 4.88. The van der Waals surface area contributed by atoms with Gasteiger partial charge in [0.15, 0.2) is 0 Å². The number of amides is 1. The zero-order chi connectivity index (χ0) is 12.6. The Labute approximate surface area is 101 Å². The first-order valence-corrected chi connectivity index (χ1v) is 5.31. The van der Waals surface area contributed by atoms with Gasteiger partial charge in [0, 0.05) is 13.0 Å². The van der Waals surface area contributed by atoms with Crippen molar-refractivity contribution in [2.75, 3.05) is 11.4 Å². The summed E-state index contributed by atoms with van der Waals surface area (Å²) >= 11 is 5.80. The normalized spacial score (nSPS) is 19.8. The van der Waals surface area contributed by atoms with Gasteiger partial charge in [0.2, 0.25) is 11.7 Å². The highest BCUT2D eigenvalue weighted by Gasteiger charge is 2.34. The number of rotatable bonds is 2. The predicted octanol–water partition coefficient (Wildman–Crippen LogP) is 2.08. The molecule has 1 unspecified atom stereocenters. The summed E-state index contributed by atoms with van der Waals surface area (Å²) in [5, 5.41) is 10.4. The van der Waals surface area contributed by atoms with Crippen LogP contribution in [0.15, 0.2) is 18.2 Å². The minimum absolute atomic E-state index is 0.0387. The Hall–Kier alpha value is -1.69. The van der Waals surface area contributed by atoms with Gasteiger partial charge in [-0.1, -0.05) is 6.07 Å². The molecule has 1 saturated heterocycles. The van der Waals surface area contributed by atoms with Gasteiger partial charge in [0.1, 0.15) is 5.69 Å². The summed E-state index contributed by atoms with van der Waals surface area (Å²) < 4.78 is 13.4. The molecular weight excluding hydrogens is 251 g/mol. The molecule has 1 atom stereocenters. The number of carbonyl (C=O) groups is 1. The van der Waals surface area contributed by atoms with Crippen LogP contribution in [-0.2, 0) is 4.79 Å². The zero-order valence-corrected chi connectivity index (χ0v) is 9.35. The molecule has 0 spiro atoms. The number of anilines is 1. The van der Waals surface area contributed by atoms with E-state index in [1.54, 1.807) is 0 Å². The second kappa shape index (κ2) is 4.29. The smallest absolute Gasteiger partial charge is 0.305 e. The monoisotopic (exact) mass is 258 g/mol. The van der Waals surface area contributed by atoms with E-state index in [1.165, 1.54) is 12.1 Å². The zero-order valence-electron chi connectivity index (χ0n) is 8.60. The fourth-order valence-corrected chi connectivity index (χ4v) is 2.07. The van der Waals surface area contributed by atoms with Crippen LogP contribution in [0.3, 0.4) is 0 Å². The van der Waals surface area contributed by atoms with Crippen LogP contribution in [0.25, 0.3) is 0 Å². The molecule has 1 heterocycles. The van der Waals surface area contributed by atoms with E-state index in [0.29, 0.717) is 0 Å². The van der Waals surface area contributed by atoms with Crippen LogP contribution in [-0.4, -0.2) is 22.8 Å². The van der Waals surface area contributed by atoms with Crippen LogP contribution in [0.2, 0.25) is 0 Å². The first-order chi connectivity index (χ1) is 8.00. The maximum Gasteiger partial charge on any atom is 0.328 e. The molecule has 1 aliphatic heterocycles. The lowest BCUT2D eigenvalue weighted by atomic mass is 10.2. The van der Waals surface area contributed by atoms with Crippen LogP contribution >= 0.6 is 11.6 Å². The van der Waals surface area contributed by atoms with Crippen molar-refractivity contribution in [2.45, 2.75) is 11.8 Å². The van der Waals surface area contributed by atoms with Crippen molar-refractivity contribution in [3.05, 3.63) is 34.1 Å². The average Bonchev–Trinajstić information content (AvgIpc) is 2.56. The molecule has 1 aromatic carbocycles. The summed E-state index contributed by atoms with van der Waals surface area (Å²) in [6.07, 6.45) is 0.106. The van der Waals surface area contributed by atoms with Gasteiger partial charge in [-0.3, -0.25) is 14.9 Å². The third kappa shape index (κ3) is 2.08. The molecule has 2 rings (SSSR count). The molecule has 1 aliphatic rings. The van der Waals surface area contributed by atoms with Gasteiger partial charge < -0.3 is 4.90 Å². The summed E-state index contributed by atoms with van der Waals surface area (Å²) in [6.45, 7) is 0.157. The molecule has 7 heteroatoms. The van der Waals surface area contributed by atoms with Crippen molar-refractivity contribution in [3.63, 3.8) is 0 Å². The molecule has 0 bridgehead atoms. The number of nitro groups is 1. The van der Waals surface area contributed by atoms with Crippen LogP contribution in [0.5, 0.6) is 0 Å². The molecule has 90 valence electrons. The van der Waals surface area contributed by atoms with Crippen LogP contribution in [0.4, 0.5) is 15.8 Å². The highest BCUT2D eigenvalue weighted by Crippen LogP contribution is 2.34. The van der Waals surface area contributed by atoms with Gasteiger partial charge >= 0.3 is 5.69 Å². The van der Waals surface area contributed by atoms with E-state index in [2.05, 4.69) is 0 Å². The molecule has 0 aliphatic carbocycles. The van der Waals surface area contributed by atoms with Gasteiger partial charge in [-0.25, -0.2) is 0 Å². The summed E-state index contributed by atoms with van der Waals surface area (Å²) in [4.78, 5) is 22.7. The van der Waals surface area contributed by atoms with Crippen molar-refractivity contribution >= 4 is 28.9 Å². The fraction of sp³-hybridized carbons (Fsp3) is 0.300. The van der Waals surface area contributed by atoms with Crippen LogP contribution < -0.4 is 4.90 Å². The van der Waals surface area contributed by atoms with E-state index >= 15 is 0 Å². The molecule has 0 saturated carbocycles. The maximum absolute atomic E-state index is 13.4. The Morgan fingerprint density at radius 3 is 2.76 bits per heavy atom. The Balaban J connectivity index is 2.49. The van der Waals surface area contributed by atoms with Gasteiger partial charge in [0.05, 0.1) is 10.3 Å². The minimum atomic E-state index is -0.960. The van der Waals surface area contributed by atoms with Crippen LogP contribution in [0, 0.1) is 15.9 Å². The number of para-hydroxylation sites is 1. The van der Waals surface area contributed by atoms with Crippen molar-refractivity contribution in [3.8, 4) is 0 Å². The van der Waals surface area contributed by atoms with E-state index < -0.39 is 21.8 Å². The second-order valence-electron chi connectivity index (χ2n) is 3.67. The van der Waals surface area contributed by atoms with Gasteiger partial charge in [-0.05, 0) is 12.1 Å². The van der Waals surface area contributed by atoms with Gasteiger partial charge in [0.25, 0.3) is 0 Å². The Bertz CT molecular complexity index is 494. The summed E-state index contributed by atoms with van der Waals surface area (Å²) in [5.41, 5.74) is -0.727. The number of hydrogen-bond acceptors (Lipinski definition) is 3. The lowest BCUT2D eigenvalue weighted by molar-refractivity contribution is -0.386. The lowest BCUT2D eigenvalue weighted by Gasteiger charge is -2.15. The largest absolute Gasteiger partial charge is 0.328 e. The lowest BCUT2D eigenvalue weighted by Crippen LogP contribution is -2.25. The van der Waals surface area contributed by atoms with Crippen molar-refractivity contribution < 1.29 is 14.1 Å². The number of hydrogen-bond donors (Lipinski definition) is 0. The first kappa shape index (κ1) is 11.8. The number of alkyl halides is 1. The standard InChI is InChI=1S/C10H8ClFN2O3/c11-6-4-9(15)13(5-6)8-3-1-2-7(12)10(8)14(16)17/h1-3,6H,4-5H2. The Morgan fingerprint density at radius 1 is 1.53 bits per heavy atom. The van der Waals surface area contributed by atoms with E-state index in [9.17, 15) is 19.3 Å². The van der Waals surface area contributed by atoms with E-state index in [4.69, 9.17) is 11.6 Å². The Kier molecular flexibility index (Phi) is 2.97. The van der Waals surface area contributed by atoms with Crippen LogP contribution in [0.1, 0.15) is 6.42 Å². The molecule has 1 fully saturated rings. The molecule has 1 aromatic rings. The summed E-state index contributed by atoms with van der Waals surface area (Å²) in [7, 11) is 0. The fourth-order valence-electron chi connectivity index (χ4n) is 1.80. The Morgan fingerprint density at radius 2 is 2.24 bits per heavy atom. The van der Waals surface area contributed by atoms with Crippen molar-refractivity contribution in [1.82, 2.24) is 0 Å². The number of nitro benzene ring substituents is 1. The third-order valence-corrected chi connectivity index (χ3v) is 2.81. The minimum Gasteiger partial charge on any atom is -0.305 e. The maximum atomic E-state index is 13.4. The molecule has 0 N–H and O–H groups in total. The molecule has 0 radical (unpaired) electrons. The predicted molar refractivity (Wildman–Crippen MR) is 59.7 cm³/mol. The SMILES string of the molecule is O=C1CC(Cl)CN1c1cccc(F)c1[N+](=O)[O-]. The number of halogens is 2. The number of carbonyl (C=O) groups excluding carboxylic acids is 1. The summed E-state index contributed by atoms with van der Waals surface area (Å²) in [5.74, 6) is -1.29.